The minimum atomic E-state index is -0.928. The van der Waals surface area contributed by atoms with Crippen molar-refractivity contribution in [3.63, 3.8) is 0 Å². The molecule has 4 aromatic heterocycles. The van der Waals surface area contributed by atoms with E-state index in [1.165, 1.54) is 4.90 Å². The van der Waals surface area contributed by atoms with E-state index in [2.05, 4.69) is 28.5 Å². The van der Waals surface area contributed by atoms with Crippen LogP contribution in [0.25, 0.3) is 22.5 Å². The van der Waals surface area contributed by atoms with Crippen molar-refractivity contribution in [2.45, 2.75) is 39.3 Å². The zero-order valence-electron chi connectivity index (χ0n) is 19.9. The van der Waals surface area contributed by atoms with E-state index in [9.17, 15) is 9.90 Å². The number of rotatable bonds is 2. The second kappa shape index (κ2) is 8.17. The maximum atomic E-state index is 12.0. The monoisotopic (exact) mass is 469 g/mol. The Labute approximate surface area is 202 Å². The molecule has 0 saturated carbocycles. The molecule has 0 radical (unpaired) electrons. The van der Waals surface area contributed by atoms with Gasteiger partial charge in [-0.2, -0.15) is 10.2 Å². The van der Waals surface area contributed by atoms with Crippen LogP contribution in [0, 0.1) is 17.3 Å². The summed E-state index contributed by atoms with van der Waals surface area (Å²) in [5.41, 5.74) is 9.82. The topological polar surface area (TPSA) is 115 Å². The minimum Gasteiger partial charge on any atom is -0.465 e. The molecule has 1 aliphatic heterocycles. The number of hydrogen-bond acceptors (Lipinski definition) is 5. The highest BCUT2D eigenvalue weighted by atomic mass is 16.4. The second-order valence-electron chi connectivity index (χ2n) is 9.83. The van der Waals surface area contributed by atoms with Crippen LogP contribution >= 0.6 is 0 Å². The number of nitrogen functional groups attached to an aromatic ring is 1. The van der Waals surface area contributed by atoms with Gasteiger partial charge in [-0.15, -0.1) is 0 Å². The Morgan fingerprint density at radius 2 is 2.09 bits per heavy atom. The third-order valence-corrected chi connectivity index (χ3v) is 6.54. The number of pyridine rings is 2. The van der Waals surface area contributed by atoms with Gasteiger partial charge in [0.1, 0.15) is 11.5 Å². The van der Waals surface area contributed by atoms with Gasteiger partial charge in [-0.3, -0.25) is 4.68 Å². The summed E-state index contributed by atoms with van der Waals surface area (Å²) in [6.07, 6.45) is 6.68. The molecular formula is C26H27N7O2. The molecule has 0 aromatic carbocycles. The molecule has 0 bridgehead atoms. The van der Waals surface area contributed by atoms with Gasteiger partial charge in [0.05, 0.1) is 28.5 Å². The van der Waals surface area contributed by atoms with Crippen LogP contribution in [-0.2, 0) is 0 Å². The number of carboxylic acid groups (broad SMARTS) is 1. The Bertz CT molecular complexity index is 1530. The lowest BCUT2D eigenvalue weighted by Gasteiger charge is -2.37. The van der Waals surface area contributed by atoms with Crippen LogP contribution in [0.15, 0.2) is 43.4 Å². The van der Waals surface area contributed by atoms with Crippen LogP contribution in [0.1, 0.15) is 50.1 Å². The van der Waals surface area contributed by atoms with E-state index >= 15 is 0 Å². The van der Waals surface area contributed by atoms with E-state index in [1.807, 2.05) is 49.8 Å². The van der Waals surface area contributed by atoms with Gasteiger partial charge in [-0.25, -0.2) is 14.3 Å². The average molecular weight is 470 g/mol. The molecule has 5 heterocycles. The predicted octanol–water partition coefficient (Wildman–Crippen LogP) is 4.04. The highest BCUT2D eigenvalue weighted by molar-refractivity contribution is 5.98. The standard InChI is InChI=1S/C26H27N7O2/c1-5-17-14-28-24(27)21-19(9-7-16-6-8-18-10-12-29-32(18)15-16)30-33(22(17)21)20-11-13-31(25(34)35)23(20)26(2,3)4/h5-6,8,10,12,14-15,20,23H,1,11,13H2,2-4H3,(H2,27,28)(H,34,35). The highest BCUT2D eigenvalue weighted by Crippen LogP contribution is 2.42. The van der Waals surface area contributed by atoms with Crippen LogP contribution < -0.4 is 5.73 Å². The molecule has 3 N–H and O–H groups in total. The molecule has 1 fully saturated rings. The normalized spacial score (nSPS) is 18.1. The van der Waals surface area contributed by atoms with Crippen LogP contribution in [0.2, 0.25) is 0 Å². The van der Waals surface area contributed by atoms with Crippen LogP contribution in [-0.4, -0.2) is 53.1 Å². The van der Waals surface area contributed by atoms with Crippen LogP contribution in [0.5, 0.6) is 0 Å². The molecule has 9 heteroatoms. The van der Waals surface area contributed by atoms with Crippen molar-refractivity contribution in [1.82, 2.24) is 29.3 Å². The number of hydrogen-bond donors (Lipinski definition) is 2. The zero-order valence-corrected chi connectivity index (χ0v) is 19.9. The molecule has 9 nitrogen and oxygen atoms in total. The van der Waals surface area contributed by atoms with Gasteiger partial charge in [-0.05, 0) is 36.0 Å². The SMILES string of the molecule is C=Cc1cnc(N)c2c(C#Cc3ccc4ccnn4c3)nn(C3CCN(C(=O)O)C3C(C)(C)C)c12. The van der Waals surface area contributed by atoms with Gasteiger partial charge < -0.3 is 15.7 Å². The summed E-state index contributed by atoms with van der Waals surface area (Å²) in [6.45, 7) is 10.5. The lowest BCUT2D eigenvalue weighted by molar-refractivity contribution is 0.0913. The fourth-order valence-corrected chi connectivity index (χ4v) is 5.11. The van der Waals surface area contributed by atoms with Crippen molar-refractivity contribution in [2.24, 2.45) is 5.41 Å². The Hall–Kier alpha value is -4.32. The quantitative estimate of drug-likeness (QED) is 0.428. The molecule has 178 valence electrons. The lowest BCUT2D eigenvalue weighted by Crippen LogP contribution is -2.46. The first kappa shape index (κ1) is 22.5. The number of aromatic nitrogens is 5. The largest absolute Gasteiger partial charge is 0.465 e. The summed E-state index contributed by atoms with van der Waals surface area (Å²) in [5.74, 6) is 6.67. The van der Waals surface area contributed by atoms with Gasteiger partial charge in [0.15, 0.2) is 0 Å². The fraction of sp³-hybridized carbons (Fsp3) is 0.308. The van der Waals surface area contributed by atoms with Gasteiger partial charge in [0.2, 0.25) is 0 Å². The van der Waals surface area contributed by atoms with E-state index in [1.54, 1.807) is 23.0 Å². The highest BCUT2D eigenvalue weighted by Gasteiger charge is 2.46. The van der Waals surface area contributed by atoms with Gasteiger partial charge in [0.25, 0.3) is 0 Å². The third kappa shape index (κ3) is 3.77. The molecule has 2 atom stereocenters. The maximum Gasteiger partial charge on any atom is 0.407 e. The van der Waals surface area contributed by atoms with Crippen molar-refractivity contribution in [3.05, 3.63) is 60.2 Å². The molecule has 1 aliphatic rings. The van der Waals surface area contributed by atoms with Crippen molar-refractivity contribution >= 4 is 34.4 Å². The molecule has 0 aliphatic carbocycles. The molecule has 1 amide bonds. The molecule has 1 saturated heterocycles. The Morgan fingerprint density at radius 3 is 2.80 bits per heavy atom. The van der Waals surface area contributed by atoms with E-state index in [-0.39, 0.29) is 17.5 Å². The Kier molecular flexibility index (Phi) is 5.24. The van der Waals surface area contributed by atoms with Gasteiger partial charge in [-0.1, -0.05) is 39.3 Å². The lowest BCUT2D eigenvalue weighted by atomic mass is 9.82. The first-order valence-electron chi connectivity index (χ1n) is 11.4. The Morgan fingerprint density at radius 1 is 1.29 bits per heavy atom. The number of anilines is 1. The van der Waals surface area contributed by atoms with Crippen LogP contribution in [0.3, 0.4) is 0 Å². The second-order valence-corrected chi connectivity index (χ2v) is 9.83. The van der Waals surface area contributed by atoms with Gasteiger partial charge in [0, 0.05) is 36.3 Å². The van der Waals surface area contributed by atoms with Crippen molar-refractivity contribution < 1.29 is 9.90 Å². The van der Waals surface area contributed by atoms with E-state index in [0.29, 0.717) is 29.9 Å². The summed E-state index contributed by atoms with van der Waals surface area (Å²) in [5, 5.41) is 19.7. The predicted molar refractivity (Wildman–Crippen MR) is 135 cm³/mol. The first-order valence-corrected chi connectivity index (χ1v) is 11.4. The molecule has 4 aromatic rings. The Balaban J connectivity index is 1.69. The van der Waals surface area contributed by atoms with Crippen molar-refractivity contribution in [2.75, 3.05) is 12.3 Å². The molecule has 0 spiro atoms. The maximum absolute atomic E-state index is 12.0. The number of fused-ring (bicyclic) bond motifs is 2. The van der Waals surface area contributed by atoms with E-state index < -0.39 is 6.09 Å². The summed E-state index contributed by atoms with van der Waals surface area (Å²) in [6, 6.07) is 5.33. The summed E-state index contributed by atoms with van der Waals surface area (Å²) >= 11 is 0. The number of carbonyl (C=O) groups is 1. The van der Waals surface area contributed by atoms with E-state index in [4.69, 9.17) is 10.8 Å². The number of likely N-dealkylation sites (tertiary alicyclic amines) is 1. The third-order valence-electron chi connectivity index (χ3n) is 6.54. The zero-order chi connectivity index (χ0) is 24.9. The first-order chi connectivity index (χ1) is 16.7. The van der Waals surface area contributed by atoms with Crippen molar-refractivity contribution in [3.8, 4) is 11.8 Å². The summed E-state index contributed by atoms with van der Waals surface area (Å²) in [4.78, 5) is 17.9. The molecule has 2 unspecified atom stereocenters. The number of amides is 1. The van der Waals surface area contributed by atoms with E-state index in [0.717, 1.165) is 22.2 Å². The molecular weight excluding hydrogens is 442 g/mol. The summed E-state index contributed by atoms with van der Waals surface area (Å²) in [7, 11) is 0. The smallest absolute Gasteiger partial charge is 0.407 e. The summed E-state index contributed by atoms with van der Waals surface area (Å²) < 4.78 is 3.66. The average Bonchev–Trinajstić information content (AvgIpc) is 3.53. The fourth-order valence-electron chi connectivity index (χ4n) is 5.11. The molecule has 5 rings (SSSR count). The van der Waals surface area contributed by atoms with Gasteiger partial charge >= 0.3 is 6.09 Å². The van der Waals surface area contributed by atoms with Crippen molar-refractivity contribution in [1.29, 1.82) is 0 Å². The molecule has 35 heavy (non-hydrogen) atoms. The van der Waals surface area contributed by atoms with Crippen LogP contribution in [0.4, 0.5) is 10.6 Å². The number of nitrogens with two attached hydrogens (primary N) is 1. The number of nitrogens with zero attached hydrogens (tertiary/aromatic N) is 6. The minimum absolute atomic E-state index is 0.190.